The molecule has 0 unspecified atom stereocenters. The quantitative estimate of drug-likeness (QED) is 0.813. The van der Waals surface area contributed by atoms with Crippen LogP contribution in [0, 0.1) is 5.92 Å². The van der Waals surface area contributed by atoms with Crippen molar-refractivity contribution in [2.75, 3.05) is 52.9 Å². The van der Waals surface area contributed by atoms with Gasteiger partial charge in [0.2, 0.25) is 0 Å². The standard InChI is InChI=1S/C17H26N4O.2ClH/c1-20-5-7-21(8-6-20)13-14-3-2-4-16(9-14)17(22)19-12-15-10-18-11-15;;/h2-4,9,15,18H,5-8,10-13H2,1H3,(H,19,22);2*1H. The van der Waals surface area contributed by atoms with Gasteiger partial charge in [0.05, 0.1) is 0 Å². The summed E-state index contributed by atoms with van der Waals surface area (Å²) < 4.78 is 0. The molecule has 3 rings (SSSR count). The average molecular weight is 375 g/mol. The second kappa shape index (κ2) is 10.2. The molecule has 1 aromatic rings. The van der Waals surface area contributed by atoms with Crippen LogP contribution in [-0.4, -0.2) is 68.6 Å². The van der Waals surface area contributed by atoms with Crippen molar-refractivity contribution in [2.24, 2.45) is 5.92 Å². The molecule has 0 radical (unpaired) electrons. The van der Waals surface area contributed by atoms with Gasteiger partial charge in [0.25, 0.3) is 5.91 Å². The maximum absolute atomic E-state index is 12.2. The van der Waals surface area contributed by atoms with Gasteiger partial charge in [-0.3, -0.25) is 9.69 Å². The van der Waals surface area contributed by atoms with Gasteiger partial charge in [-0.05, 0) is 24.7 Å². The van der Waals surface area contributed by atoms with E-state index >= 15 is 0 Å². The van der Waals surface area contributed by atoms with Gasteiger partial charge in [0.1, 0.15) is 0 Å². The first kappa shape index (κ1) is 21.2. The molecule has 1 aromatic carbocycles. The van der Waals surface area contributed by atoms with E-state index in [9.17, 15) is 4.79 Å². The Labute approximate surface area is 157 Å². The van der Waals surface area contributed by atoms with Crippen LogP contribution in [-0.2, 0) is 6.54 Å². The number of halogens is 2. The highest BCUT2D eigenvalue weighted by Crippen LogP contribution is 2.11. The van der Waals surface area contributed by atoms with Crippen molar-refractivity contribution in [3.63, 3.8) is 0 Å². The number of hydrogen-bond acceptors (Lipinski definition) is 4. The minimum Gasteiger partial charge on any atom is -0.352 e. The van der Waals surface area contributed by atoms with Crippen LogP contribution >= 0.6 is 24.8 Å². The number of carbonyl (C=O) groups excluding carboxylic acids is 1. The predicted molar refractivity (Wildman–Crippen MR) is 102 cm³/mol. The van der Waals surface area contributed by atoms with Gasteiger partial charge in [-0.1, -0.05) is 12.1 Å². The lowest BCUT2D eigenvalue weighted by molar-refractivity contribution is 0.0942. The molecule has 7 heteroatoms. The number of carbonyl (C=O) groups is 1. The Morgan fingerprint density at radius 3 is 2.54 bits per heavy atom. The van der Waals surface area contributed by atoms with Crippen molar-refractivity contribution >= 4 is 30.7 Å². The van der Waals surface area contributed by atoms with Gasteiger partial charge in [-0.25, -0.2) is 0 Å². The fourth-order valence-electron chi connectivity index (χ4n) is 2.91. The molecule has 0 aliphatic carbocycles. The van der Waals surface area contributed by atoms with Crippen molar-refractivity contribution < 1.29 is 4.79 Å². The van der Waals surface area contributed by atoms with E-state index in [1.807, 2.05) is 18.2 Å². The van der Waals surface area contributed by atoms with E-state index in [4.69, 9.17) is 0 Å². The Morgan fingerprint density at radius 1 is 1.21 bits per heavy atom. The van der Waals surface area contributed by atoms with Crippen LogP contribution in [0.4, 0.5) is 0 Å². The van der Waals surface area contributed by atoms with Gasteiger partial charge in [-0.2, -0.15) is 0 Å². The average Bonchev–Trinajstić information content (AvgIpc) is 2.48. The molecule has 0 aromatic heterocycles. The molecule has 0 saturated carbocycles. The second-order valence-electron chi connectivity index (χ2n) is 6.51. The Hall–Kier alpha value is -0.850. The number of likely N-dealkylation sites (N-methyl/N-ethyl adjacent to an activating group) is 1. The molecule has 2 aliphatic heterocycles. The lowest BCUT2D eigenvalue weighted by Gasteiger charge is -2.32. The third-order valence-corrected chi connectivity index (χ3v) is 4.61. The molecule has 0 spiro atoms. The summed E-state index contributed by atoms with van der Waals surface area (Å²) in [7, 11) is 2.17. The summed E-state index contributed by atoms with van der Waals surface area (Å²) in [6.45, 7) is 8.18. The first-order valence-corrected chi connectivity index (χ1v) is 8.19. The van der Waals surface area contributed by atoms with E-state index in [-0.39, 0.29) is 30.7 Å². The van der Waals surface area contributed by atoms with Crippen LogP contribution in [0.15, 0.2) is 24.3 Å². The molecule has 2 N–H and O–H groups in total. The first-order chi connectivity index (χ1) is 10.7. The Morgan fingerprint density at radius 2 is 1.92 bits per heavy atom. The van der Waals surface area contributed by atoms with E-state index in [2.05, 4.69) is 33.5 Å². The van der Waals surface area contributed by atoms with Crippen molar-refractivity contribution in [3.8, 4) is 0 Å². The summed E-state index contributed by atoms with van der Waals surface area (Å²) >= 11 is 0. The third-order valence-electron chi connectivity index (χ3n) is 4.61. The fraction of sp³-hybridized carbons (Fsp3) is 0.588. The predicted octanol–water partition coefficient (Wildman–Crippen LogP) is 1.23. The number of rotatable bonds is 5. The molecule has 24 heavy (non-hydrogen) atoms. The van der Waals surface area contributed by atoms with Crippen molar-refractivity contribution in [3.05, 3.63) is 35.4 Å². The summed E-state index contributed by atoms with van der Waals surface area (Å²) in [5.41, 5.74) is 2.00. The van der Waals surface area contributed by atoms with Crippen LogP contribution in [0.1, 0.15) is 15.9 Å². The number of piperazine rings is 1. The SMILES string of the molecule is CN1CCN(Cc2cccc(C(=O)NCC3CNC3)c2)CC1.Cl.Cl. The molecule has 0 atom stereocenters. The molecule has 2 heterocycles. The number of benzene rings is 1. The van der Waals surface area contributed by atoms with Crippen molar-refractivity contribution in [1.82, 2.24) is 20.4 Å². The smallest absolute Gasteiger partial charge is 0.251 e. The van der Waals surface area contributed by atoms with E-state index in [1.54, 1.807) is 0 Å². The summed E-state index contributed by atoms with van der Waals surface area (Å²) in [6, 6.07) is 8.05. The van der Waals surface area contributed by atoms with Crippen LogP contribution in [0.25, 0.3) is 0 Å². The monoisotopic (exact) mass is 374 g/mol. The van der Waals surface area contributed by atoms with Crippen LogP contribution in [0.3, 0.4) is 0 Å². The normalized spacial score (nSPS) is 18.9. The molecule has 136 valence electrons. The molecule has 5 nitrogen and oxygen atoms in total. The summed E-state index contributed by atoms with van der Waals surface area (Å²) in [5, 5.41) is 6.26. The summed E-state index contributed by atoms with van der Waals surface area (Å²) in [6.07, 6.45) is 0. The summed E-state index contributed by atoms with van der Waals surface area (Å²) in [5.74, 6) is 0.643. The largest absolute Gasteiger partial charge is 0.352 e. The zero-order chi connectivity index (χ0) is 15.4. The van der Waals surface area contributed by atoms with Gasteiger partial charge < -0.3 is 15.5 Å². The molecule has 1 amide bonds. The highest BCUT2D eigenvalue weighted by atomic mass is 35.5. The van der Waals surface area contributed by atoms with E-state index in [1.165, 1.54) is 5.56 Å². The molecular formula is C17H28Cl2N4O. The molecule has 0 bridgehead atoms. The molecule has 2 fully saturated rings. The van der Waals surface area contributed by atoms with E-state index in [0.29, 0.717) is 5.92 Å². The number of nitrogens with one attached hydrogen (secondary N) is 2. The maximum atomic E-state index is 12.2. The number of nitrogens with zero attached hydrogens (tertiary/aromatic N) is 2. The molecule has 2 saturated heterocycles. The summed E-state index contributed by atoms with van der Waals surface area (Å²) in [4.78, 5) is 17.0. The van der Waals surface area contributed by atoms with E-state index in [0.717, 1.165) is 57.9 Å². The van der Waals surface area contributed by atoms with Gasteiger partial charge >= 0.3 is 0 Å². The Bertz CT molecular complexity index is 517. The van der Waals surface area contributed by atoms with Gasteiger partial charge in [0, 0.05) is 63.8 Å². The fourth-order valence-corrected chi connectivity index (χ4v) is 2.91. The van der Waals surface area contributed by atoms with Crippen LogP contribution < -0.4 is 10.6 Å². The van der Waals surface area contributed by atoms with Crippen molar-refractivity contribution in [2.45, 2.75) is 6.54 Å². The number of hydrogen-bond donors (Lipinski definition) is 2. The van der Waals surface area contributed by atoms with Gasteiger partial charge in [0.15, 0.2) is 0 Å². The van der Waals surface area contributed by atoms with Crippen LogP contribution in [0.5, 0.6) is 0 Å². The lowest BCUT2D eigenvalue weighted by atomic mass is 10.0. The highest BCUT2D eigenvalue weighted by Gasteiger charge is 2.18. The Balaban J connectivity index is 0.00000144. The van der Waals surface area contributed by atoms with E-state index < -0.39 is 0 Å². The topological polar surface area (TPSA) is 47.6 Å². The zero-order valence-electron chi connectivity index (χ0n) is 14.2. The minimum absolute atomic E-state index is 0. The maximum Gasteiger partial charge on any atom is 0.251 e. The highest BCUT2D eigenvalue weighted by molar-refractivity contribution is 5.94. The van der Waals surface area contributed by atoms with Gasteiger partial charge in [-0.15, -0.1) is 24.8 Å². The van der Waals surface area contributed by atoms with Crippen LogP contribution in [0.2, 0.25) is 0 Å². The second-order valence-corrected chi connectivity index (χ2v) is 6.51. The number of amides is 1. The third kappa shape index (κ3) is 5.90. The zero-order valence-corrected chi connectivity index (χ0v) is 15.8. The molecular weight excluding hydrogens is 347 g/mol. The lowest BCUT2D eigenvalue weighted by Crippen LogP contribution is -2.48. The molecule has 2 aliphatic rings. The Kier molecular flexibility index (Phi) is 9.02. The minimum atomic E-state index is 0. The first-order valence-electron chi connectivity index (χ1n) is 8.19. The van der Waals surface area contributed by atoms with Crippen molar-refractivity contribution in [1.29, 1.82) is 0 Å².